The predicted octanol–water partition coefficient (Wildman–Crippen LogP) is 19.1. The predicted molar refractivity (Wildman–Crippen MR) is 329 cm³/mol. The van der Waals surface area contributed by atoms with Crippen molar-refractivity contribution in [2.45, 2.75) is 78.6 Å². The van der Waals surface area contributed by atoms with Gasteiger partial charge in [0, 0.05) is 50.6 Å². The van der Waals surface area contributed by atoms with Crippen molar-refractivity contribution >= 4 is 85.2 Å². The Morgan fingerprint density at radius 2 is 1.00 bits per heavy atom. The van der Waals surface area contributed by atoms with E-state index in [-0.39, 0.29) is 6.85 Å². The highest BCUT2D eigenvalue weighted by atomic mass is 16.3. The molecule has 2 aliphatic heterocycles. The van der Waals surface area contributed by atoms with Gasteiger partial charge in [-0.15, -0.1) is 0 Å². The molecule has 3 heterocycles. The van der Waals surface area contributed by atoms with Crippen molar-refractivity contribution < 1.29 is 4.42 Å². The molecule has 13 rings (SSSR count). The number of hydrogen-bond acceptors (Lipinski definition) is 4. The van der Waals surface area contributed by atoms with Crippen LogP contribution < -0.4 is 25.5 Å². The molecule has 11 aromatic rings. The standard InChI is InChI=1S/C72H64BN3O/c1-4-7-21-50-32-37-57(38-33-50)74(56-28-17-12-18-29-56)59-41-44-66-62(49-59)63-47-55(53-24-13-10-14-25-53)48-67-71(63)73(76(66)58-39-34-51(35-40-58)22-8-5-2)64-42-45-69-70(60-30-19-20-31-68(60)77-69)72(64)75(67)65-43-36-52(23-9-6-3)46-61(65)54-26-15-11-16-27-54/h10-20,24-49H,4-9,21-23H2,1-3H3. The van der Waals surface area contributed by atoms with Crippen LogP contribution in [-0.2, 0) is 19.3 Å². The molecular formula is C72H64BN3O. The molecule has 0 unspecified atom stereocenters. The molecule has 2 aliphatic rings. The maximum Gasteiger partial charge on any atom is 0.333 e. The summed E-state index contributed by atoms with van der Waals surface area (Å²) < 4.78 is 6.87. The number of para-hydroxylation sites is 2. The van der Waals surface area contributed by atoms with E-state index in [1.165, 1.54) is 91.6 Å². The monoisotopic (exact) mass is 998 g/mol. The van der Waals surface area contributed by atoms with Crippen LogP contribution in [0.5, 0.6) is 0 Å². The lowest BCUT2D eigenvalue weighted by Gasteiger charge is -2.46. The van der Waals surface area contributed by atoms with Crippen molar-refractivity contribution in [1.82, 2.24) is 0 Å². The first-order valence-corrected chi connectivity index (χ1v) is 28.2. The Kier molecular flexibility index (Phi) is 13.1. The van der Waals surface area contributed by atoms with Gasteiger partial charge in [-0.25, -0.2) is 0 Å². The summed E-state index contributed by atoms with van der Waals surface area (Å²) in [5.74, 6) is 0. The van der Waals surface area contributed by atoms with Crippen LogP contribution >= 0.6 is 0 Å². The molecule has 5 heteroatoms. The van der Waals surface area contributed by atoms with E-state index >= 15 is 0 Å². The Balaban J connectivity index is 1.14. The third kappa shape index (κ3) is 8.78. The first kappa shape index (κ1) is 48.1. The molecule has 4 nitrogen and oxygen atoms in total. The molecule has 376 valence electrons. The number of unbranched alkanes of at least 4 members (excludes halogenated alkanes) is 3. The van der Waals surface area contributed by atoms with E-state index in [2.05, 4.69) is 260 Å². The molecule has 0 bridgehead atoms. The summed E-state index contributed by atoms with van der Waals surface area (Å²) in [4.78, 5) is 7.72. The van der Waals surface area contributed by atoms with Crippen molar-refractivity contribution in [2.24, 2.45) is 0 Å². The SMILES string of the molecule is CCCCc1ccc(N2B3c4ccc5oc6ccccc6c5c4N(c4ccc(CCCC)cc4-c4ccccc4)c4cc(-c5ccccc5)cc(c43)-c3cc(N(c4ccccc4)c4ccc(CCCC)cc4)ccc32)cc1. The first-order chi connectivity index (χ1) is 38.1. The van der Waals surface area contributed by atoms with Gasteiger partial charge in [0.15, 0.2) is 0 Å². The van der Waals surface area contributed by atoms with Crippen LogP contribution in [-0.4, -0.2) is 6.85 Å². The fourth-order valence-electron chi connectivity index (χ4n) is 12.3. The molecule has 0 N–H and O–H groups in total. The fourth-order valence-corrected chi connectivity index (χ4v) is 12.3. The van der Waals surface area contributed by atoms with Crippen molar-refractivity contribution in [3.05, 3.63) is 241 Å². The third-order valence-electron chi connectivity index (χ3n) is 16.2. The molecule has 0 fully saturated rings. The number of fused-ring (bicyclic) bond motifs is 8. The molecule has 0 spiro atoms. The second-order valence-electron chi connectivity index (χ2n) is 21.1. The topological polar surface area (TPSA) is 22.9 Å². The zero-order chi connectivity index (χ0) is 51.8. The lowest BCUT2D eigenvalue weighted by atomic mass is 9.43. The Hall–Kier alpha value is -8.54. The van der Waals surface area contributed by atoms with E-state index < -0.39 is 0 Å². The molecule has 0 radical (unpaired) electrons. The van der Waals surface area contributed by atoms with E-state index in [0.717, 1.165) is 94.6 Å². The first-order valence-electron chi connectivity index (χ1n) is 28.2. The summed E-state index contributed by atoms with van der Waals surface area (Å²) in [6.45, 7) is 6.64. The summed E-state index contributed by atoms with van der Waals surface area (Å²) in [5.41, 5.74) is 24.7. The van der Waals surface area contributed by atoms with E-state index in [9.17, 15) is 0 Å². The number of furan rings is 1. The lowest BCUT2D eigenvalue weighted by molar-refractivity contribution is 0.669. The van der Waals surface area contributed by atoms with Gasteiger partial charge in [0.25, 0.3) is 0 Å². The van der Waals surface area contributed by atoms with Gasteiger partial charge >= 0.3 is 6.85 Å². The smallest absolute Gasteiger partial charge is 0.333 e. The quantitative estimate of drug-likeness (QED) is 0.0900. The van der Waals surface area contributed by atoms with Crippen molar-refractivity contribution in [3.63, 3.8) is 0 Å². The highest BCUT2D eigenvalue weighted by molar-refractivity contribution is 6.94. The van der Waals surface area contributed by atoms with Crippen molar-refractivity contribution in [1.29, 1.82) is 0 Å². The van der Waals surface area contributed by atoms with Gasteiger partial charge in [0.05, 0.1) is 16.8 Å². The van der Waals surface area contributed by atoms with Crippen molar-refractivity contribution in [3.8, 4) is 33.4 Å². The molecular weight excluding hydrogens is 934 g/mol. The minimum atomic E-state index is -0.195. The number of hydrogen-bond donors (Lipinski definition) is 0. The Bertz CT molecular complexity index is 3890. The maximum absolute atomic E-state index is 6.87. The number of aryl methyl sites for hydroxylation is 3. The zero-order valence-corrected chi connectivity index (χ0v) is 44.6. The van der Waals surface area contributed by atoms with E-state index in [0.29, 0.717) is 0 Å². The van der Waals surface area contributed by atoms with E-state index in [1.54, 1.807) is 0 Å². The summed E-state index contributed by atoms with van der Waals surface area (Å²) in [6.07, 6.45) is 10.1. The van der Waals surface area contributed by atoms with Gasteiger partial charge in [0.2, 0.25) is 0 Å². The highest BCUT2D eigenvalue weighted by Crippen LogP contribution is 2.53. The van der Waals surface area contributed by atoms with Gasteiger partial charge < -0.3 is 19.0 Å². The molecule has 0 saturated carbocycles. The Morgan fingerprint density at radius 3 is 1.70 bits per heavy atom. The van der Waals surface area contributed by atoms with Gasteiger partial charge in [-0.05, 0) is 179 Å². The molecule has 10 aromatic carbocycles. The Morgan fingerprint density at radius 1 is 0.416 bits per heavy atom. The lowest BCUT2D eigenvalue weighted by Crippen LogP contribution is -2.61. The summed E-state index contributed by atoms with van der Waals surface area (Å²) in [6, 6.07) is 84.3. The number of anilines is 8. The van der Waals surface area contributed by atoms with E-state index in [4.69, 9.17) is 4.42 Å². The van der Waals surface area contributed by atoms with Gasteiger partial charge in [0.1, 0.15) is 11.2 Å². The summed E-state index contributed by atoms with van der Waals surface area (Å²) in [7, 11) is 0. The summed E-state index contributed by atoms with van der Waals surface area (Å²) in [5, 5.41) is 2.24. The van der Waals surface area contributed by atoms with Crippen LogP contribution in [0.1, 0.15) is 76.0 Å². The zero-order valence-electron chi connectivity index (χ0n) is 44.6. The fraction of sp³-hybridized carbons (Fsp3) is 0.167. The largest absolute Gasteiger partial charge is 0.456 e. The maximum atomic E-state index is 6.87. The number of benzene rings is 10. The Labute approximate surface area is 455 Å². The molecule has 0 amide bonds. The average molecular weight is 998 g/mol. The summed E-state index contributed by atoms with van der Waals surface area (Å²) >= 11 is 0. The number of rotatable bonds is 16. The minimum Gasteiger partial charge on any atom is -0.456 e. The molecule has 0 aliphatic carbocycles. The number of nitrogens with zero attached hydrogens (tertiary/aromatic N) is 3. The second-order valence-corrected chi connectivity index (χ2v) is 21.1. The second kappa shape index (κ2) is 20.9. The van der Waals surface area contributed by atoms with Crippen LogP contribution in [0, 0.1) is 0 Å². The van der Waals surface area contributed by atoms with Crippen LogP contribution in [0.3, 0.4) is 0 Å². The average Bonchev–Trinajstić information content (AvgIpc) is 4.11. The molecule has 77 heavy (non-hydrogen) atoms. The third-order valence-corrected chi connectivity index (χ3v) is 16.2. The highest BCUT2D eigenvalue weighted by Gasteiger charge is 2.47. The van der Waals surface area contributed by atoms with Gasteiger partial charge in [-0.3, -0.25) is 0 Å². The van der Waals surface area contributed by atoms with Crippen LogP contribution in [0.4, 0.5) is 45.5 Å². The minimum absolute atomic E-state index is 0.195. The van der Waals surface area contributed by atoms with Crippen molar-refractivity contribution in [2.75, 3.05) is 14.6 Å². The van der Waals surface area contributed by atoms with E-state index in [1.807, 2.05) is 0 Å². The molecule has 0 atom stereocenters. The van der Waals surface area contributed by atoms with Crippen LogP contribution in [0.2, 0.25) is 0 Å². The molecule has 1 aromatic heterocycles. The molecule has 0 saturated heterocycles. The van der Waals surface area contributed by atoms with Gasteiger partial charge in [-0.2, -0.15) is 0 Å². The van der Waals surface area contributed by atoms with Crippen LogP contribution in [0.25, 0.3) is 55.3 Å². The van der Waals surface area contributed by atoms with Crippen LogP contribution in [0.15, 0.2) is 229 Å². The normalized spacial score (nSPS) is 12.5. The van der Waals surface area contributed by atoms with Gasteiger partial charge in [-0.1, -0.05) is 173 Å².